The van der Waals surface area contributed by atoms with E-state index in [-0.39, 0.29) is 5.56 Å². The normalized spacial score (nSPS) is 10.8. The van der Waals surface area contributed by atoms with E-state index in [1.165, 1.54) is 57.8 Å². The number of hydrogen-bond acceptors (Lipinski definition) is 3. The van der Waals surface area contributed by atoms with Crippen LogP contribution in [0.25, 0.3) is 0 Å². The highest BCUT2D eigenvalue weighted by Crippen LogP contribution is 2.17. The molecule has 0 unspecified atom stereocenters. The number of carbonyl (C=O) groups is 1. The minimum Gasteiger partial charge on any atom is -0.490 e. The van der Waals surface area contributed by atoms with Crippen molar-refractivity contribution in [3.05, 3.63) is 29.8 Å². The molecule has 1 aromatic rings. The van der Waals surface area contributed by atoms with E-state index in [9.17, 15) is 4.79 Å². The molecular formula is C21H34O4. The van der Waals surface area contributed by atoms with Crippen LogP contribution in [0.3, 0.4) is 0 Å². The van der Waals surface area contributed by atoms with Gasteiger partial charge in [-0.2, -0.15) is 0 Å². The summed E-state index contributed by atoms with van der Waals surface area (Å²) >= 11 is 0. The Bertz CT molecular complexity index is 459. The third-order valence-electron chi connectivity index (χ3n) is 4.24. The average Bonchev–Trinajstić information content (AvgIpc) is 2.62. The molecule has 4 heteroatoms. The Labute approximate surface area is 152 Å². The van der Waals surface area contributed by atoms with Gasteiger partial charge in [0, 0.05) is 6.61 Å². The van der Waals surface area contributed by atoms with Gasteiger partial charge in [0.15, 0.2) is 0 Å². The number of benzene rings is 1. The molecule has 0 amide bonds. The molecule has 0 atom stereocenters. The monoisotopic (exact) mass is 350 g/mol. The van der Waals surface area contributed by atoms with E-state index in [1.54, 1.807) is 24.3 Å². The van der Waals surface area contributed by atoms with Gasteiger partial charge in [0.25, 0.3) is 0 Å². The molecule has 0 aliphatic rings. The lowest BCUT2D eigenvalue weighted by Crippen LogP contribution is -2.10. The predicted molar refractivity (Wildman–Crippen MR) is 102 cm³/mol. The summed E-state index contributed by atoms with van der Waals surface area (Å²) in [5, 5.41) is 9.07. The van der Waals surface area contributed by atoms with Gasteiger partial charge in [-0.15, -0.1) is 0 Å². The van der Waals surface area contributed by atoms with E-state index in [2.05, 4.69) is 6.92 Å². The molecule has 25 heavy (non-hydrogen) atoms. The quantitative estimate of drug-likeness (QED) is 0.388. The Kier molecular flexibility index (Phi) is 12.7. The first-order valence-corrected chi connectivity index (χ1v) is 9.78. The molecule has 1 rings (SSSR count). The summed E-state index contributed by atoms with van der Waals surface area (Å²) in [5.74, 6) is -0.570. The molecule has 0 radical (unpaired) electrons. The fraction of sp³-hybridized carbons (Fsp3) is 0.667. The molecular weight excluding hydrogens is 316 g/mol. The maximum atomic E-state index is 11.1. The fourth-order valence-electron chi connectivity index (χ4n) is 2.77. The Morgan fingerprint density at radius 1 is 0.840 bits per heavy atom. The van der Waals surface area contributed by atoms with Gasteiger partial charge in [-0.1, -0.05) is 76.8 Å². The number of unbranched alkanes of at least 4 members (excludes halogenated alkanes) is 9. The summed E-state index contributed by atoms with van der Waals surface area (Å²) in [4.78, 5) is 11.1. The van der Waals surface area contributed by atoms with Crippen LogP contribution >= 0.6 is 0 Å². The van der Waals surface area contributed by atoms with Gasteiger partial charge in [0.2, 0.25) is 0 Å². The smallest absolute Gasteiger partial charge is 0.339 e. The van der Waals surface area contributed by atoms with Gasteiger partial charge in [0.05, 0.1) is 6.61 Å². The van der Waals surface area contributed by atoms with Gasteiger partial charge >= 0.3 is 5.97 Å². The summed E-state index contributed by atoms with van der Waals surface area (Å²) in [5.41, 5.74) is 0.192. The zero-order valence-electron chi connectivity index (χ0n) is 15.7. The van der Waals surface area contributed by atoms with Crippen LogP contribution < -0.4 is 4.74 Å². The molecule has 0 aliphatic carbocycles. The second kappa shape index (κ2) is 14.8. The minimum atomic E-state index is -0.970. The lowest BCUT2D eigenvalue weighted by atomic mass is 10.1. The van der Waals surface area contributed by atoms with Gasteiger partial charge in [-0.05, 0) is 18.6 Å². The van der Waals surface area contributed by atoms with Crippen molar-refractivity contribution in [1.82, 2.24) is 0 Å². The van der Waals surface area contributed by atoms with Crippen molar-refractivity contribution in [1.29, 1.82) is 0 Å². The molecule has 1 aromatic carbocycles. The first-order valence-electron chi connectivity index (χ1n) is 9.78. The average molecular weight is 350 g/mol. The highest BCUT2D eigenvalue weighted by atomic mass is 16.5. The molecule has 0 heterocycles. The standard InChI is InChI=1S/C21H34O4/c1-2-3-4-5-6-7-8-9-10-13-16-24-17-18-25-20-15-12-11-14-19(20)21(22)23/h11-12,14-15H,2-10,13,16-18H2,1H3,(H,22,23). The molecule has 1 N–H and O–H groups in total. The summed E-state index contributed by atoms with van der Waals surface area (Å²) in [6, 6.07) is 6.68. The molecule has 0 saturated heterocycles. The molecule has 0 aliphatic heterocycles. The zero-order valence-corrected chi connectivity index (χ0v) is 15.7. The number of carboxylic acids is 1. The summed E-state index contributed by atoms with van der Waals surface area (Å²) in [6.07, 6.45) is 13.2. The molecule has 0 bridgehead atoms. The number of para-hydroxylation sites is 1. The first-order chi connectivity index (χ1) is 12.3. The molecule has 0 fully saturated rings. The molecule has 0 aromatic heterocycles. The fourth-order valence-corrected chi connectivity index (χ4v) is 2.77. The van der Waals surface area contributed by atoms with Crippen LogP contribution in [0.2, 0.25) is 0 Å². The van der Waals surface area contributed by atoms with Crippen LogP contribution in [0.1, 0.15) is 81.5 Å². The molecule has 0 spiro atoms. The lowest BCUT2D eigenvalue weighted by molar-refractivity contribution is 0.0684. The molecule has 4 nitrogen and oxygen atoms in total. The number of hydrogen-bond donors (Lipinski definition) is 1. The largest absolute Gasteiger partial charge is 0.490 e. The first kappa shape index (κ1) is 21.5. The van der Waals surface area contributed by atoms with Crippen LogP contribution in [0.4, 0.5) is 0 Å². The highest BCUT2D eigenvalue weighted by molar-refractivity contribution is 5.90. The third kappa shape index (κ3) is 10.8. The van der Waals surface area contributed by atoms with E-state index >= 15 is 0 Å². The summed E-state index contributed by atoms with van der Waals surface area (Å²) in [7, 11) is 0. The van der Waals surface area contributed by atoms with E-state index < -0.39 is 5.97 Å². The second-order valence-electron chi connectivity index (χ2n) is 6.44. The topological polar surface area (TPSA) is 55.8 Å². The van der Waals surface area contributed by atoms with Crippen molar-refractivity contribution in [3.8, 4) is 5.75 Å². The molecule has 142 valence electrons. The van der Waals surface area contributed by atoms with E-state index in [1.807, 2.05) is 0 Å². The Hall–Kier alpha value is -1.55. The van der Waals surface area contributed by atoms with Crippen molar-refractivity contribution in [3.63, 3.8) is 0 Å². The Morgan fingerprint density at radius 3 is 2.08 bits per heavy atom. The van der Waals surface area contributed by atoms with Crippen LogP contribution in [0.5, 0.6) is 5.75 Å². The number of rotatable bonds is 16. The summed E-state index contributed by atoms with van der Waals surface area (Å²) in [6.45, 7) is 3.87. The van der Waals surface area contributed by atoms with Crippen LogP contribution in [0.15, 0.2) is 24.3 Å². The Morgan fingerprint density at radius 2 is 1.44 bits per heavy atom. The Balaban J connectivity index is 1.90. The maximum absolute atomic E-state index is 11.1. The second-order valence-corrected chi connectivity index (χ2v) is 6.44. The zero-order chi connectivity index (χ0) is 18.2. The highest BCUT2D eigenvalue weighted by Gasteiger charge is 2.09. The van der Waals surface area contributed by atoms with Crippen LogP contribution in [0, 0.1) is 0 Å². The van der Waals surface area contributed by atoms with Crippen molar-refractivity contribution < 1.29 is 19.4 Å². The van der Waals surface area contributed by atoms with Crippen LogP contribution in [-0.2, 0) is 4.74 Å². The number of carboxylic acid groups (broad SMARTS) is 1. The van der Waals surface area contributed by atoms with Crippen molar-refractivity contribution in [2.45, 2.75) is 71.1 Å². The number of ether oxygens (including phenoxy) is 2. The molecule has 0 saturated carbocycles. The lowest BCUT2D eigenvalue weighted by Gasteiger charge is -2.09. The van der Waals surface area contributed by atoms with Gasteiger partial charge in [0.1, 0.15) is 17.9 Å². The van der Waals surface area contributed by atoms with E-state index in [4.69, 9.17) is 14.6 Å². The van der Waals surface area contributed by atoms with Crippen molar-refractivity contribution >= 4 is 5.97 Å². The SMILES string of the molecule is CCCCCCCCCCCCOCCOc1ccccc1C(=O)O. The van der Waals surface area contributed by atoms with Crippen molar-refractivity contribution in [2.75, 3.05) is 19.8 Å². The van der Waals surface area contributed by atoms with Gasteiger partial charge < -0.3 is 14.6 Å². The van der Waals surface area contributed by atoms with E-state index in [0.29, 0.717) is 19.0 Å². The van der Waals surface area contributed by atoms with E-state index in [0.717, 1.165) is 13.0 Å². The minimum absolute atomic E-state index is 0.192. The predicted octanol–water partition coefficient (Wildman–Crippen LogP) is 5.70. The number of aromatic carboxylic acids is 1. The van der Waals surface area contributed by atoms with Crippen LogP contribution in [-0.4, -0.2) is 30.9 Å². The third-order valence-corrected chi connectivity index (χ3v) is 4.24. The van der Waals surface area contributed by atoms with Gasteiger partial charge in [-0.25, -0.2) is 4.79 Å². The maximum Gasteiger partial charge on any atom is 0.339 e. The van der Waals surface area contributed by atoms with Crippen molar-refractivity contribution in [2.24, 2.45) is 0 Å². The summed E-state index contributed by atoms with van der Waals surface area (Å²) < 4.78 is 11.0. The van der Waals surface area contributed by atoms with Gasteiger partial charge in [-0.3, -0.25) is 0 Å².